The minimum Gasteiger partial charge on any atom is -0.491 e. The van der Waals surface area contributed by atoms with Crippen LogP contribution in [-0.2, 0) is 17.3 Å². The number of carbonyl (C=O) groups excluding carboxylic acids is 2. The fraction of sp³-hybridized carbons (Fsp3) is 0.324. The molecular weight excluding hydrogens is 619 g/mol. The van der Waals surface area contributed by atoms with Crippen molar-refractivity contribution in [3.63, 3.8) is 0 Å². The number of amides is 2. The lowest BCUT2D eigenvalue weighted by Gasteiger charge is -2.34. The van der Waals surface area contributed by atoms with Crippen LogP contribution in [0.2, 0.25) is 0 Å². The third-order valence-electron chi connectivity index (χ3n) is 6.81. The van der Waals surface area contributed by atoms with Crippen LogP contribution in [0.3, 0.4) is 0 Å². The first-order valence-electron chi connectivity index (χ1n) is 14.7. The summed E-state index contributed by atoms with van der Waals surface area (Å²) in [6.07, 6.45) is -5.08. The number of aliphatic hydroxyl groups excluding tert-OH is 2. The zero-order chi connectivity index (χ0) is 34.2. The van der Waals surface area contributed by atoms with Gasteiger partial charge in [-0.2, -0.15) is 13.2 Å². The van der Waals surface area contributed by atoms with Crippen LogP contribution in [0.5, 0.6) is 5.75 Å². The molecule has 0 radical (unpaired) electrons. The van der Waals surface area contributed by atoms with E-state index in [4.69, 9.17) is 13.9 Å². The summed E-state index contributed by atoms with van der Waals surface area (Å²) in [7, 11) is 0. The molecule has 3 N–H and O–H groups in total. The average molecular weight is 656 g/mol. The number of aromatic nitrogens is 1. The second-order valence-corrected chi connectivity index (χ2v) is 11.7. The number of nitrogens with zero attached hydrogens (tertiary/aromatic N) is 2. The van der Waals surface area contributed by atoms with Gasteiger partial charge in [-0.3, -0.25) is 9.69 Å². The number of rotatable bonds is 12. The van der Waals surface area contributed by atoms with Gasteiger partial charge in [0.05, 0.1) is 24.8 Å². The number of hydrogen-bond acceptors (Lipinski definition) is 8. The molecule has 0 fully saturated rings. The van der Waals surface area contributed by atoms with E-state index >= 15 is 0 Å². The predicted octanol–water partition coefficient (Wildman–Crippen LogP) is 6.19. The standard InChI is InChI=1S/C34H36F3N3O7/c1-33(2,3)47-32(44)40(18-27(42)20-45-28-7-5-4-6-8-28)26(19-41)17-22-9-15-25(16-10-22)39-31(43)29-30(46-21-38-29)23-11-13-24(14-12-23)34(35,36)37/h4-16,21,26-27,41-42H,17-20H2,1-3H3,(H,39,43)/t26-,27?/m0/s1. The lowest BCUT2D eigenvalue weighted by atomic mass is 10.0. The number of ether oxygens (including phenoxy) is 2. The van der Waals surface area contributed by atoms with Crippen molar-refractivity contribution in [2.45, 2.75) is 51.1 Å². The lowest BCUT2D eigenvalue weighted by molar-refractivity contribution is -0.137. The molecule has 1 heterocycles. The molecule has 0 aliphatic carbocycles. The second kappa shape index (κ2) is 15.1. The summed E-state index contributed by atoms with van der Waals surface area (Å²) < 4.78 is 55.3. The molecule has 0 aliphatic heterocycles. The van der Waals surface area contributed by atoms with E-state index in [1.54, 1.807) is 69.3 Å². The van der Waals surface area contributed by atoms with Gasteiger partial charge in [-0.25, -0.2) is 9.78 Å². The highest BCUT2D eigenvalue weighted by Gasteiger charge is 2.31. The summed E-state index contributed by atoms with van der Waals surface area (Å²) in [6, 6.07) is 18.9. The molecular formula is C34H36F3N3O7. The minimum absolute atomic E-state index is 0.0113. The number of halogens is 3. The normalized spacial score (nSPS) is 13.0. The Balaban J connectivity index is 1.43. The quantitative estimate of drug-likeness (QED) is 0.165. The summed E-state index contributed by atoms with van der Waals surface area (Å²) >= 11 is 0. The van der Waals surface area contributed by atoms with Crippen LogP contribution in [0.25, 0.3) is 11.3 Å². The largest absolute Gasteiger partial charge is 0.491 e. The summed E-state index contributed by atoms with van der Waals surface area (Å²) in [5, 5.41) is 23.7. The number of benzene rings is 3. The second-order valence-electron chi connectivity index (χ2n) is 11.7. The first kappa shape index (κ1) is 35.0. The van der Waals surface area contributed by atoms with Crippen molar-refractivity contribution in [2.24, 2.45) is 0 Å². The molecule has 4 aromatic rings. The maximum atomic E-state index is 13.2. The van der Waals surface area contributed by atoms with Crippen molar-refractivity contribution < 1.29 is 46.9 Å². The van der Waals surface area contributed by atoms with Crippen LogP contribution < -0.4 is 10.1 Å². The zero-order valence-electron chi connectivity index (χ0n) is 26.0. The first-order valence-corrected chi connectivity index (χ1v) is 14.7. The topological polar surface area (TPSA) is 134 Å². The molecule has 1 aromatic heterocycles. The van der Waals surface area contributed by atoms with E-state index < -0.39 is 48.1 Å². The number of aliphatic hydroxyl groups is 2. The highest BCUT2D eigenvalue weighted by Crippen LogP contribution is 2.32. The first-order chi connectivity index (χ1) is 22.2. The van der Waals surface area contributed by atoms with Crippen LogP contribution >= 0.6 is 0 Å². The van der Waals surface area contributed by atoms with E-state index in [2.05, 4.69) is 10.3 Å². The maximum absolute atomic E-state index is 13.2. The van der Waals surface area contributed by atoms with Gasteiger partial charge in [0.15, 0.2) is 17.8 Å². The summed E-state index contributed by atoms with van der Waals surface area (Å²) in [4.78, 5) is 31.4. The molecule has 2 atom stereocenters. The molecule has 10 nitrogen and oxygen atoms in total. The van der Waals surface area contributed by atoms with Crippen LogP contribution in [-0.4, -0.2) is 69.6 Å². The van der Waals surface area contributed by atoms with Gasteiger partial charge in [0.25, 0.3) is 5.91 Å². The van der Waals surface area contributed by atoms with Crippen molar-refractivity contribution in [1.82, 2.24) is 9.88 Å². The Morgan fingerprint density at radius 1 is 0.979 bits per heavy atom. The molecule has 0 bridgehead atoms. The van der Waals surface area contributed by atoms with Crippen LogP contribution in [0.1, 0.15) is 42.4 Å². The highest BCUT2D eigenvalue weighted by molar-refractivity contribution is 6.06. The molecule has 0 saturated carbocycles. The Bertz CT molecular complexity index is 1600. The molecule has 0 spiro atoms. The van der Waals surface area contributed by atoms with Gasteiger partial charge in [0.1, 0.15) is 24.1 Å². The summed E-state index contributed by atoms with van der Waals surface area (Å²) in [6.45, 7) is 4.45. The fourth-order valence-corrected chi connectivity index (χ4v) is 4.57. The van der Waals surface area contributed by atoms with Gasteiger partial charge in [0, 0.05) is 11.3 Å². The number of alkyl halides is 3. The molecule has 0 aliphatic rings. The highest BCUT2D eigenvalue weighted by atomic mass is 19.4. The van der Waals surface area contributed by atoms with Crippen LogP contribution in [0, 0.1) is 0 Å². The third-order valence-corrected chi connectivity index (χ3v) is 6.81. The van der Waals surface area contributed by atoms with E-state index in [0.717, 1.165) is 18.5 Å². The van der Waals surface area contributed by atoms with Gasteiger partial charge in [-0.15, -0.1) is 0 Å². The number of nitrogens with one attached hydrogen (secondary N) is 1. The van der Waals surface area contributed by atoms with E-state index in [0.29, 0.717) is 17.0 Å². The maximum Gasteiger partial charge on any atom is 0.416 e. The van der Waals surface area contributed by atoms with E-state index in [1.165, 1.54) is 17.0 Å². The average Bonchev–Trinajstić information content (AvgIpc) is 3.52. The lowest BCUT2D eigenvalue weighted by Crippen LogP contribution is -2.50. The molecule has 250 valence electrons. The number of para-hydroxylation sites is 1. The number of carbonyl (C=O) groups is 2. The molecule has 13 heteroatoms. The smallest absolute Gasteiger partial charge is 0.416 e. The van der Waals surface area contributed by atoms with Crippen molar-refractivity contribution in [2.75, 3.05) is 25.1 Å². The van der Waals surface area contributed by atoms with Crippen molar-refractivity contribution in [3.05, 3.63) is 102 Å². The molecule has 47 heavy (non-hydrogen) atoms. The SMILES string of the molecule is CC(C)(C)OC(=O)N(CC(O)COc1ccccc1)[C@H](CO)Cc1ccc(NC(=O)c2ncoc2-c2ccc(C(F)(F)F)cc2)cc1. The number of oxazole rings is 1. The van der Waals surface area contributed by atoms with Crippen LogP contribution in [0.15, 0.2) is 89.7 Å². The number of hydrogen-bond donors (Lipinski definition) is 3. The van der Waals surface area contributed by atoms with Gasteiger partial charge in [-0.05, 0) is 69.2 Å². The Morgan fingerprint density at radius 3 is 2.23 bits per heavy atom. The van der Waals surface area contributed by atoms with Gasteiger partial charge >= 0.3 is 12.3 Å². The Morgan fingerprint density at radius 2 is 1.64 bits per heavy atom. The Hall–Kier alpha value is -4.88. The summed E-state index contributed by atoms with van der Waals surface area (Å²) in [5.74, 6) is -0.0738. The zero-order valence-corrected chi connectivity index (χ0v) is 26.0. The van der Waals surface area contributed by atoms with Crippen molar-refractivity contribution >= 4 is 17.7 Å². The van der Waals surface area contributed by atoms with E-state index in [9.17, 15) is 33.0 Å². The molecule has 0 saturated heterocycles. The van der Waals surface area contributed by atoms with E-state index in [1.807, 2.05) is 6.07 Å². The summed E-state index contributed by atoms with van der Waals surface area (Å²) in [5.41, 5.74) is -0.431. The Labute approximate surface area is 269 Å². The predicted molar refractivity (Wildman–Crippen MR) is 167 cm³/mol. The fourth-order valence-electron chi connectivity index (χ4n) is 4.57. The van der Waals surface area contributed by atoms with Crippen LogP contribution in [0.4, 0.5) is 23.7 Å². The Kier molecular flexibility index (Phi) is 11.3. The molecule has 2 amide bonds. The van der Waals surface area contributed by atoms with Gasteiger partial charge in [0.2, 0.25) is 0 Å². The van der Waals surface area contributed by atoms with Gasteiger partial charge < -0.3 is 29.4 Å². The molecule has 4 rings (SSSR count). The molecule has 3 aromatic carbocycles. The monoisotopic (exact) mass is 655 g/mol. The minimum atomic E-state index is -4.50. The van der Waals surface area contributed by atoms with E-state index in [-0.39, 0.29) is 36.6 Å². The number of anilines is 1. The van der Waals surface area contributed by atoms with Crippen molar-refractivity contribution in [3.8, 4) is 17.1 Å². The third kappa shape index (κ3) is 10.1. The molecule has 1 unspecified atom stereocenters. The van der Waals surface area contributed by atoms with Crippen molar-refractivity contribution in [1.29, 1.82) is 0 Å². The van der Waals surface area contributed by atoms with Gasteiger partial charge in [-0.1, -0.05) is 42.5 Å².